The van der Waals surface area contributed by atoms with Crippen molar-refractivity contribution in [3.05, 3.63) is 0 Å². The molecule has 0 aromatic rings. The summed E-state index contributed by atoms with van der Waals surface area (Å²) in [6, 6.07) is 0. The van der Waals surface area contributed by atoms with E-state index in [1.165, 1.54) is 38.5 Å². The SMILES string of the molecule is CCCCCCCCCC(=O)NCCCI. The minimum atomic E-state index is 0.235. The summed E-state index contributed by atoms with van der Waals surface area (Å²) >= 11 is 2.33. The number of hydrogen-bond donors (Lipinski definition) is 1. The average Bonchev–Trinajstić information content (AvgIpc) is 2.28. The van der Waals surface area contributed by atoms with Crippen molar-refractivity contribution >= 4 is 28.5 Å². The lowest BCUT2D eigenvalue weighted by Crippen LogP contribution is -2.24. The van der Waals surface area contributed by atoms with Crippen LogP contribution in [0.4, 0.5) is 0 Å². The van der Waals surface area contributed by atoms with Gasteiger partial charge in [0, 0.05) is 17.4 Å². The molecule has 0 radical (unpaired) electrons. The molecule has 0 rings (SSSR count). The molecule has 0 saturated carbocycles. The van der Waals surface area contributed by atoms with Gasteiger partial charge in [-0.05, 0) is 12.8 Å². The Kier molecular flexibility index (Phi) is 13.4. The summed E-state index contributed by atoms with van der Waals surface area (Å²) in [6.45, 7) is 3.08. The second kappa shape index (κ2) is 13.3. The molecule has 0 aliphatic heterocycles. The highest BCUT2D eigenvalue weighted by Gasteiger charge is 1.99. The third kappa shape index (κ3) is 12.3. The summed E-state index contributed by atoms with van der Waals surface area (Å²) in [4.78, 5) is 11.3. The first-order valence-corrected chi connectivity index (χ1v) is 8.16. The zero-order valence-corrected chi connectivity index (χ0v) is 12.7. The fourth-order valence-corrected chi connectivity index (χ4v) is 2.01. The first-order valence-electron chi connectivity index (χ1n) is 6.64. The molecule has 0 saturated heterocycles. The molecule has 96 valence electrons. The van der Waals surface area contributed by atoms with E-state index in [4.69, 9.17) is 0 Å². The molecular formula is C13H26INO. The lowest BCUT2D eigenvalue weighted by molar-refractivity contribution is -0.121. The van der Waals surface area contributed by atoms with Crippen LogP contribution >= 0.6 is 22.6 Å². The number of nitrogens with one attached hydrogen (secondary N) is 1. The summed E-state index contributed by atoms with van der Waals surface area (Å²) in [7, 11) is 0. The van der Waals surface area contributed by atoms with Gasteiger partial charge in [0.25, 0.3) is 0 Å². The Hall–Kier alpha value is 0.200. The van der Waals surface area contributed by atoms with Crippen LogP contribution in [0.1, 0.15) is 64.7 Å². The first-order chi connectivity index (χ1) is 7.81. The van der Waals surface area contributed by atoms with Crippen LogP contribution in [0.2, 0.25) is 0 Å². The van der Waals surface area contributed by atoms with Gasteiger partial charge in [-0.2, -0.15) is 0 Å². The molecule has 1 N–H and O–H groups in total. The minimum Gasteiger partial charge on any atom is -0.356 e. The fraction of sp³-hybridized carbons (Fsp3) is 0.923. The van der Waals surface area contributed by atoms with E-state index < -0.39 is 0 Å². The standard InChI is InChI=1S/C13H26INO/c1-2-3-4-5-6-7-8-10-13(16)15-12-9-11-14/h2-12H2,1H3,(H,15,16). The van der Waals surface area contributed by atoms with Crippen LogP contribution in [0.25, 0.3) is 0 Å². The van der Waals surface area contributed by atoms with E-state index in [1.54, 1.807) is 0 Å². The van der Waals surface area contributed by atoms with Crippen LogP contribution in [-0.2, 0) is 4.79 Å². The van der Waals surface area contributed by atoms with Crippen LogP contribution in [0.5, 0.6) is 0 Å². The van der Waals surface area contributed by atoms with Gasteiger partial charge in [0.15, 0.2) is 0 Å². The number of alkyl halides is 1. The molecular weight excluding hydrogens is 313 g/mol. The maximum Gasteiger partial charge on any atom is 0.219 e. The molecule has 2 nitrogen and oxygen atoms in total. The number of hydrogen-bond acceptors (Lipinski definition) is 1. The van der Waals surface area contributed by atoms with E-state index in [0.717, 1.165) is 30.2 Å². The summed E-state index contributed by atoms with van der Waals surface area (Å²) in [5, 5.41) is 2.95. The van der Waals surface area contributed by atoms with Crippen molar-refractivity contribution in [3.8, 4) is 0 Å². The van der Waals surface area contributed by atoms with Crippen LogP contribution in [0.15, 0.2) is 0 Å². The highest BCUT2D eigenvalue weighted by atomic mass is 127. The number of rotatable bonds is 11. The third-order valence-electron chi connectivity index (χ3n) is 2.64. The van der Waals surface area contributed by atoms with E-state index in [1.807, 2.05) is 0 Å². The van der Waals surface area contributed by atoms with Gasteiger partial charge in [0.05, 0.1) is 0 Å². The van der Waals surface area contributed by atoms with Crippen molar-refractivity contribution in [3.63, 3.8) is 0 Å². The Bertz CT molecular complexity index is 162. The highest BCUT2D eigenvalue weighted by Crippen LogP contribution is 2.08. The molecule has 16 heavy (non-hydrogen) atoms. The van der Waals surface area contributed by atoms with Gasteiger partial charge in [0.2, 0.25) is 5.91 Å². The Balaban J connectivity index is 3.09. The average molecular weight is 339 g/mol. The van der Waals surface area contributed by atoms with Crippen LogP contribution in [0, 0.1) is 0 Å². The number of carbonyl (C=O) groups is 1. The van der Waals surface area contributed by atoms with Crippen molar-refractivity contribution in [2.24, 2.45) is 0 Å². The Morgan fingerprint density at radius 2 is 1.62 bits per heavy atom. The maximum absolute atomic E-state index is 11.3. The van der Waals surface area contributed by atoms with Crippen molar-refractivity contribution in [1.29, 1.82) is 0 Å². The predicted molar refractivity (Wildman–Crippen MR) is 79.1 cm³/mol. The second-order valence-electron chi connectivity index (χ2n) is 4.26. The molecule has 0 aliphatic carbocycles. The maximum atomic E-state index is 11.3. The zero-order valence-electron chi connectivity index (χ0n) is 10.6. The minimum absolute atomic E-state index is 0.235. The Morgan fingerprint density at radius 3 is 2.25 bits per heavy atom. The summed E-state index contributed by atoms with van der Waals surface area (Å²) in [5.41, 5.74) is 0. The summed E-state index contributed by atoms with van der Waals surface area (Å²) < 4.78 is 1.12. The van der Waals surface area contributed by atoms with Gasteiger partial charge in [-0.1, -0.05) is 68.0 Å². The smallest absolute Gasteiger partial charge is 0.219 e. The predicted octanol–water partition coefficient (Wildman–Crippen LogP) is 4.07. The van der Waals surface area contributed by atoms with E-state index in [-0.39, 0.29) is 5.91 Å². The largest absolute Gasteiger partial charge is 0.356 e. The molecule has 0 aromatic carbocycles. The molecule has 0 atom stereocenters. The number of amides is 1. The molecule has 0 spiro atoms. The van der Waals surface area contributed by atoms with Crippen molar-refractivity contribution in [1.82, 2.24) is 5.32 Å². The van der Waals surface area contributed by atoms with E-state index in [2.05, 4.69) is 34.8 Å². The molecule has 1 amide bonds. The molecule has 0 heterocycles. The summed E-state index contributed by atoms with van der Waals surface area (Å²) in [5.74, 6) is 0.235. The normalized spacial score (nSPS) is 10.4. The van der Waals surface area contributed by atoms with Gasteiger partial charge < -0.3 is 5.32 Å². The van der Waals surface area contributed by atoms with Crippen molar-refractivity contribution in [2.75, 3.05) is 11.0 Å². The van der Waals surface area contributed by atoms with Gasteiger partial charge >= 0.3 is 0 Å². The molecule has 0 aromatic heterocycles. The van der Waals surface area contributed by atoms with Crippen LogP contribution in [-0.4, -0.2) is 16.9 Å². The molecule has 0 unspecified atom stereocenters. The van der Waals surface area contributed by atoms with Crippen molar-refractivity contribution in [2.45, 2.75) is 64.7 Å². The van der Waals surface area contributed by atoms with Gasteiger partial charge in [-0.25, -0.2) is 0 Å². The molecule has 3 heteroatoms. The Labute approximate surface area is 114 Å². The lowest BCUT2D eigenvalue weighted by atomic mass is 10.1. The van der Waals surface area contributed by atoms with Crippen LogP contribution in [0.3, 0.4) is 0 Å². The lowest BCUT2D eigenvalue weighted by Gasteiger charge is -2.03. The molecule has 0 aliphatic rings. The molecule has 0 fully saturated rings. The second-order valence-corrected chi connectivity index (χ2v) is 5.34. The number of unbranched alkanes of at least 4 members (excludes halogenated alkanes) is 6. The number of halogens is 1. The summed E-state index contributed by atoms with van der Waals surface area (Å²) in [6.07, 6.45) is 10.7. The fourth-order valence-electron chi connectivity index (χ4n) is 1.63. The third-order valence-corrected chi connectivity index (χ3v) is 3.40. The van der Waals surface area contributed by atoms with Gasteiger partial charge in [-0.3, -0.25) is 4.79 Å². The van der Waals surface area contributed by atoms with E-state index in [9.17, 15) is 4.79 Å². The van der Waals surface area contributed by atoms with Crippen molar-refractivity contribution < 1.29 is 4.79 Å². The quantitative estimate of drug-likeness (QED) is 0.343. The Morgan fingerprint density at radius 1 is 1.00 bits per heavy atom. The number of carbonyl (C=O) groups excluding carboxylic acids is 1. The van der Waals surface area contributed by atoms with E-state index in [0.29, 0.717) is 0 Å². The van der Waals surface area contributed by atoms with Gasteiger partial charge in [-0.15, -0.1) is 0 Å². The van der Waals surface area contributed by atoms with E-state index >= 15 is 0 Å². The first kappa shape index (κ1) is 16.2. The molecule has 0 bridgehead atoms. The van der Waals surface area contributed by atoms with Crippen LogP contribution < -0.4 is 5.32 Å². The highest BCUT2D eigenvalue weighted by molar-refractivity contribution is 14.1. The topological polar surface area (TPSA) is 29.1 Å². The monoisotopic (exact) mass is 339 g/mol. The van der Waals surface area contributed by atoms with Gasteiger partial charge in [0.1, 0.15) is 0 Å². The zero-order chi connectivity index (χ0) is 12.1.